The van der Waals surface area contributed by atoms with Crippen molar-refractivity contribution in [1.82, 2.24) is 4.90 Å². The Morgan fingerprint density at radius 2 is 2.26 bits per heavy atom. The summed E-state index contributed by atoms with van der Waals surface area (Å²) < 4.78 is 6.20. The summed E-state index contributed by atoms with van der Waals surface area (Å²) in [7, 11) is 3.29. The highest BCUT2D eigenvalue weighted by atomic mass is 79.9. The van der Waals surface area contributed by atoms with Crippen molar-refractivity contribution in [2.24, 2.45) is 5.92 Å². The lowest BCUT2D eigenvalue weighted by Crippen LogP contribution is -2.31. The lowest BCUT2D eigenvalue weighted by atomic mass is 10.1. The number of halogens is 1. The summed E-state index contributed by atoms with van der Waals surface area (Å²) in [4.78, 5) is 13.6. The highest BCUT2D eigenvalue weighted by Crippen LogP contribution is 2.24. The molecular weight excluding hydrogens is 308 g/mol. The number of methoxy groups -OCH3 is 1. The molecule has 0 heterocycles. The smallest absolute Gasteiger partial charge is 0.239 e. The normalized spacial score (nSPS) is 11.5. The van der Waals surface area contributed by atoms with Crippen LogP contribution in [0.4, 0.5) is 0 Å². The van der Waals surface area contributed by atoms with E-state index in [9.17, 15) is 4.79 Å². The molecule has 0 saturated carbocycles. The van der Waals surface area contributed by atoms with E-state index in [-0.39, 0.29) is 5.91 Å². The van der Waals surface area contributed by atoms with Crippen LogP contribution < -0.4 is 4.74 Å². The maximum Gasteiger partial charge on any atom is 0.239 e. The van der Waals surface area contributed by atoms with Gasteiger partial charge in [-0.15, -0.1) is 0 Å². The fourth-order valence-electron chi connectivity index (χ4n) is 1.79. The molecule has 4 nitrogen and oxygen atoms in total. The van der Waals surface area contributed by atoms with Crippen molar-refractivity contribution < 1.29 is 9.53 Å². The maximum atomic E-state index is 12.0. The molecule has 0 aliphatic carbocycles. The fraction of sp³-hybridized carbons (Fsp3) is 0.429. The van der Waals surface area contributed by atoms with Crippen LogP contribution in [0.1, 0.15) is 18.9 Å². The van der Waals surface area contributed by atoms with Gasteiger partial charge in [0.1, 0.15) is 11.7 Å². The van der Waals surface area contributed by atoms with Crippen molar-refractivity contribution >= 4 is 21.8 Å². The van der Waals surface area contributed by atoms with Gasteiger partial charge in [0, 0.05) is 23.6 Å². The lowest BCUT2D eigenvalue weighted by molar-refractivity contribution is -0.133. The number of amides is 1. The summed E-state index contributed by atoms with van der Waals surface area (Å²) in [6.45, 7) is 2.25. The lowest BCUT2D eigenvalue weighted by Gasteiger charge is -2.21. The molecule has 0 aliphatic heterocycles. The Morgan fingerprint density at radius 3 is 2.79 bits per heavy atom. The standard InChI is InChI=1S/C14H17BrN2O2/c1-4-10(8-16)14(18)17(2)9-11-7-12(15)5-6-13(11)19-3/h5-7,10H,4,9H2,1-3H3. The summed E-state index contributed by atoms with van der Waals surface area (Å²) in [5.74, 6) is -0.0111. The summed E-state index contributed by atoms with van der Waals surface area (Å²) in [5.41, 5.74) is 0.903. The van der Waals surface area contributed by atoms with E-state index in [4.69, 9.17) is 10.00 Å². The largest absolute Gasteiger partial charge is 0.496 e. The van der Waals surface area contributed by atoms with E-state index in [2.05, 4.69) is 15.9 Å². The molecule has 0 saturated heterocycles. The van der Waals surface area contributed by atoms with E-state index in [0.29, 0.717) is 13.0 Å². The zero-order valence-corrected chi connectivity index (χ0v) is 12.9. The van der Waals surface area contributed by atoms with Crippen molar-refractivity contribution in [2.45, 2.75) is 19.9 Å². The first-order valence-corrected chi connectivity index (χ1v) is 6.79. The number of hydrogen-bond donors (Lipinski definition) is 0. The zero-order valence-electron chi connectivity index (χ0n) is 11.3. The molecule has 0 fully saturated rings. The Morgan fingerprint density at radius 1 is 1.58 bits per heavy atom. The maximum absolute atomic E-state index is 12.0. The van der Waals surface area contributed by atoms with E-state index in [1.165, 1.54) is 0 Å². The molecule has 19 heavy (non-hydrogen) atoms. The number of carbonyl (C=O) groups is 1. The second-order valence-corrected chi connectivity index (χ2v) is 5.16. The van der Waals surface area contributed by atoms with E-state index in [1.54, 1.807) is 19.1 Å². The Bertz CT molecular complexity index is 497. The Kier molecular flexibility index (Phi) is 5.84. The first kappa shape index (κ1) is 15.5. The van der Waals surface area contributed by atoms with Gasteiger partial charge >= 0.3 is 0 Å². The second-order valence-electron chi connectivity index (χ2n) is 4.24. The van der Waals surface area contributed by atoms with Gasteiger partial charge < -0.3 is 9.64 Å². The van der Waals surface area contributed by atoms with Gasteiger partial charge in [0.25, 0.3) is 0 Å². The third-order valence-corrected chi connectivity index (χ3v) is 3.38. The van der Waals surface area contributed by atoms with E-state index in [1.807, 2.05) is 31.2 Å². The molecule has 0 aromatic heterocycles. The predicted octanol–water partition coefficient (Wildman–Crippen LogP) is 2.97. The molecule has 102 valence electrons. The third-order valence-electron chi connectivity index (χ3n) is 2.89. The van der Waals surface area contributed by atoms with Crippen LogP contribution in [0.5, 0.6) is 5.75 Å². The van der Waals surface area contributed by atoms with Crippen molar-refractivity contribution in [3.8, 4) is 11.8 Å². The van der Waals surface area contributed by atoms with Crippen molar-refractivity contribution in [3.05, 3.63) is 28.2 Å². The molecule has 1 unspecified atom stereocenters. The van der Waals surface area contributed by atoms with Crippen LogP contribution in [0.25, 0.3) is 0 Å². The number of rotatable bonds is 5. The Hall–Kier alpha value is -1.54. The number of ether oxygens (including phenoxy) is 1. The molecule has 0 radical (unpaired) electrons. The van der Waals surface area contributed by atoms with E-state index in [0.717, 1.165) is 15.8 Å². The minimum atomic E-state index is -0.580. The monoisotopic (exact) mass is 324 g/mol. The van der Waals surface area contributed by atoms with Gasteiger partial charge in [0.2, 0.25) is 5.91 Å². The number of hydrogen-bond acceptors (Lipinski definition) is 3. The van der Waals surface area contributed by atoms with E-state index >= 15 is 0 Å². The van der Waals surface area contributed by atoms with Crippen LogP contribution >= 0.6 is 15.9 Å². The average molecular weight is 325 g/mol. The Balaban J connectivity index is 2.88. The second kappa shape index (κ2) is 7.15. The zero-order chi connectivity index (χ0) is 14.4. The SMILES string of the molecule is CCC(C#N)C(=O)N(C)Cc1cc(Br)ccc1OC. The van der Waals surface area contributed by atoms with E-state index < -0.39 is 5.92 Å². The molecule has 1 aromatic carbocycles. The fourth-order valence-corrected chi connectivity index (χ4v) is 2.20. The molecule has 0 bridgehead atoms. The van der Waals surface area contributed by atoms with Crippen molar-refractivity contribution in [1.29, 1.82) is 5.26 Å². The summed E-state index contributed by atoms with van der Waals surface area (Å²) in [6, 6.07) is 7.67. The number of nitrogens with zero attached hydrogens (tertiary/aromatic N) is 2. The highest BCUT2D eigenvalue weighted by Gasteiger charge is 2.20. The first-order chi connectivity index (χ1) is 9.03. The number of nitriles is 1. The van der Waals surface area contributed by atoms with Gasteiger partial charge in [-0.25, -0.2) is 0 Å². The van der Waals surface area contributed by atoms with Gasteiger partial charge in [0.15, 0.2) is 0 Å². The van der Waals surface area contributed by atoms with Crippen LogP contribution in [0.3, 0.4) is 0 Å². The molecule has 0 aliphatic rings. The van der Waals surface area contributed by atoms with Gasteiger partial charge in [0.05, 0.1) is 13.2 Å². The first-order valence-electron chi connectivity index (χ1n) is 6.00. The number of benzene rings is 1. The molecule has 1 aromatic rings. The molecule has 0 spiro atoms. The van der Waals surface area contributed by atoms with Crippen molar-refractivity contribution in [3.63, 3.8) is 0 Å². The minimum Gasteiger partial charge on any atom is -0.496 e. The van der Waals surface area contributed by atoms with Crippen LogP contribution in [-0.2, 0) is 11.3 Å². The van der Waals surface area contributed by atoms with Crippen LogP contribution in [0, 0.1) is 17.2 Å². The topological polar surface area (TPSA) is 53.3 Å². The molecule has 1 atom stereocenters. The summed E-state index contributed by atoms with van der Waals surface area (Å²) in [6.07, 6.45) is 0.523. The third kappa shape index (κ3) is 3.97. The molecule has 5 heteroatoms. The van der Waals surface area contributed by atoms with Crippen LogP contribution in [0.15, 0.2) is 22.7 Å². The van der Waals surface area contributed by atoms with Crippen LogP contribution in [-0.4, -0.2) is 25.0 Å². The van der Waals surface area contributed by atoms with Gasteiger partial charge in [-0.3, -0.25) is 4.79 Å². The van der Waals surface area contributed by atoms with Gasteiger partial charge in [-0.2, -0.15) is 5.26 Å². The molecule has 1 amide bonds. The molecular formula is C14H17BrN2O2. The van der Waals surface area contributed by atoms with Gasteiger partial charge in [-0.05, 0) is 24.6 Å². The molecule has 0 N–H and O–H groups in total. The minimum absolute atomic E-state index is 0.160. The van der Waals surface area contributed by atoms with Crippen molar-refractivity contribution in [2.75, 3.05) is 14.2 Å². The quantitative estimate of drug-likeness (QED) is 0.836. The van der Waals surface area contributed by atoms with Crippen LogP contribution in [0.2, 0.25) is 0 Å². The van der Waals surface area contributed by atoms with Gasteiger partial charge in [-0.1, -0.05) is 22.9 Å². The Labute approximate surface area is 122 Å². The predicted molar refractivity (Wildman–Crippen MR) is 76.6 cm³/mol. The number of carbonyl (C=O) groups excluding carboxylic acids is 1. The average Bonchev–Trinajstić information content (AvgIpc) is 2.40. The highest BCUT2D eigenvalue weighted by molar-refractivity contribution is 9.10. The molecule has 1 rings (SSSR count). The summed E-state index contributed by atoms with van der Waals surface area (Å²) in [5, 5.41) is 8.93. The summed E-state index contributed by atoms with van der Waals surface area (Å²) >= 11 is 3.40.